The average Bonchev–Trinajstić information content (AvgIpc) is 2.72. The van der Waals surface area contributed by atoms with E-state index in [2.05, 4.69) is 19.9 Å². The number of aromatic nitrogens is 2. The lowest BCUT2D eigenvalue weighted by atomic mass is 10.1. The highest BCUT2D eigenvalue weighted by atomic mass is 32.2. The zero-order chi connectivity index (χ0) is 19.5. The highest BCUT2D eigenvalue weighted by Gasteiger charge is 2.17. The van der Waals surface area contributed by atoms with Crippen molar-refractivity contribution in [2.75, 3.05) is 25.4 Å². The number of fused-ring (bicyclic) bond motifs is 1. The zero-order valence-electron chi connectivity index (χ0n) is 16.7. The number of quaternary nitrogens is 1. The van der Waals surface area contributed by atoms with Gasteiger partial charge in [0.05, 0.1) is 42.0 Å². The van der Waals surface area contributed by atoms with Gasteiger partial charge < -0.3 is 4.90 Å². The Bertz CT molecular complexity index is 1040. The molecule has 1 aliphatic rings. The molecular formula is C23H28N3OS+. The van der Waals surface area contributed by atoms with Crippen LogP contribution in [0.4, 0.5) is 0 Å². The minimum Gasteiger partial charge on any atom is -0.334 e. The number of thioether (sulfide) groups is 1. The Kier molecular flexibility index (Phi) is 5.83. The summed E-state index contributed by atoms with van der Waals surface area (Å²) in [7, 11) is 0. The number of piperidine rings is 1. The first-order valence-corrected chi connectivity index (χ1v) is 11.2. The molecule has 4 rings (SSSR count). The molecule has 0 atom stereocenters. The van der Waals surface area contributed by atoms with Crippen LogP contribution in [0.1, 0.15) is 30.4 Å². The molecule has 0 spiro atoms. The minimum absolute atomic E-state index is 0.0205. The van der Waals surface area contributed by atoms with Crippen molar-refractivity contribution in [3.63, 3.8) is 0 Å². The monoisotopic (exact) mass is 394 g/mol. The number of para-hydroxylation sites is 1. The number of aryl methyl sites for hydroxylation is 1. The fourth-order valence-electron chi connectivity index (χ4n) is 3.99. The van der Waals surface area contributed by atoms with Gasteiger partial charge in [0.25, 0.3) is 5.56 Å². The first-order chi connectivity index (χ1) is 13.6. The molecule has 1 aliphatic heterocycles. The van der Waals surface area contributed by atoms with Crippen molar-refractivity contribution >= 4 is 22.7 Å². The van der Waals surface area contributed by atoms with Gasteiger partial charge in [-0.3, -0.25) is 9.36 Å². The number of nitrogens with one attached hydrogen (secondary N) is 1. The van der Waals surface area contributed by atoms with E-state index in [4.69, 9.17) is 4.98 Å². The van der Waals surface area contributed by atoms with Crippen LogP contribution in [0.2, 0.25) is 0 Å². The number of hydrogen-bond acceptors (Lipinski definition) is 3. The van der Waals surface area contributed by atoms with Gasteiger partial charge in [0.2, 0.25) is 0 Å². The summed E-state index contributed by atoms with van der Waals surface area (Å²) in [6, 6.07) is 13.8. The van der Waals surface area contributed by atoms with E-state index in [1.807, 2.05) is 41.0 Å². The molecule has 1 N–H and O–H groups in total. The third-order valence-electron chi connectivity index (χ3n) is 5.81. The standard InChI is InChI=1S/C23H27N3OS/c1-17-9-8-12-21(18(17)2)26-22(27)19-10-4-5-11-20(19)24-23(26)28-16-15-25-13-6-3-7-14-25/h4-5,8-12H,3,6-7,13-16H2,1-2H3/p+1. The van der Waals surface area contributed by atoms with Crippen LogP contribution < -0.4 is 10.5 Å². The maximum absolute atomic E-state index is 13.4. The van der Waals surface area contributed by atoms with E-state index in [-0.39, 0.29) is 5.56 Å². The maximum Gasteiger partial charge on any atom is 0.266 e. The predicted octanol–water partition coefficient (Wildman–Crippen LogP) is 3.16. The second-order valence-corrected chi connectivity index (χ2v) is 8.74. The van der Waals surface area contributed by atoms with Crippen LogP contribution >= 0.6 is 11.8 Å². The van der Waals surface area contributed by atoms with Crippen LogP contribution in [0.25, 0.3) is 16.6 Å². The van der Waals surface area contributed by atoms with Gasteiger partial charge >= 0.3 is 0 Å². The molecule has 0 bridgehead atoms. The second-order valence-electron chi connectivity index (χ2n) is 7.68. The maximum atomic E-state index is 13.4. The molecule has 1 aromatic heterocycles. The Labute approximate surface area is 170 Å². The van der Waals surface area contributed by atoms with E-state index in [1.54, 1.807) is 16.7 Å². The molecular weight excluding hydrogens is 366 g/mol. The second kappa shape index (κ2) is 8.50. The average molecular weight is 395 g/mol. The lowest BCUT2D eigenvalue weighted by Crippen LogP contribution is -3.13. The van der Waals surface area contributed by atoms with Crippen LogP contribution in [0.3, 0.4) is 0 Å². The number of hydrogen-bond donors (Lipinski definition) is 1. The summed E-state index contributed by atoms with van der Waals surface area (Å²) in [6.45, 7) is 7.84. The number of benzene rings is 2. The van der Waals surface area contributed by atoms with Gasteiger partial charge in [-0.15, -0.1) is 0 Å². The SMILES string of the molecule is Cc1cccc(-n2c(SCC[NH+]3CCCCC3)nc3ccccc3c2=O)c1C. The first kappa shape index (κ1) is 19.2. The quantitative estimate of drug-likeness (QED) is 0.534. The minimum atomic E-state index is 0.0205. The van der Waals surface area contributed by atoms with Gasteiger partial charge in [-0.2, -0.15) is 0 Å². The molecule has 0 radical (unpaired) electrons. The summed E-state index contributed by atoms with van der Waals surface area (Å²) >= 11 is 1.71. The van der Waals surface area contributed by atoms with Crippen molar-refractivity contribution in [2.24, 2.45) is 0 Å². The molecule has 0 unspecified atom stereocenters. The fourth-order valence-corrected chi connectivity index (χ4v) is 5.03. The highest BCUT2D eigenvalue weighted by Crippen LogP contribution is 2.24. The van der Waals surface area contributed by atoms with Crippen molar-refractivity contribution in [1.82, 2.24) is 9.55 Å². The molecule has 28 heavy (non-hydrogen) atoms. The van der Waals surface area contributed by atoms with Crippen molar-refractivity contribution in [2.45, 2.75) is 38.3 Å². The summed E-state index contributed by atoms with van der Waals surface area (Å²) in [5.74, 6) is 0.977. The van der Waals surface area contributed by atoms with Gasteiger partial charge in [0, 0.05) is 0 Å². The molecule has 146 valence electrons. The fraction of sp³-hybridized carbons (Fsp3) is 0.391. The summed E-state index contributed by atoms with van der Waals surface area (Å²) < 4.78 is 1.82. The van der Waals surface area contributed by atoms with Gasteiger partial charge in [-0.25, -0.2) is 4.98 Å². The molecule has 3 aromatic rings. The van der Waals surface area contributed by atoms with Crippen molar-refractivity contribution in [1.29, 1.82) is 0 Å². The molecule has 5 heteroatoms. The molecule has 0 amide bonds. The Morgan fingerprint density at radius 1 is 1.04 bits per heavy atom. The third kappa shape index (κ3) is 3.87. The molecule has 0 aliphatic carbocycles. The smallest absolute Gasteiger partial charge is 0.266 e. The van der Waals surface area contributed by atoms with Gasteiger partial charge in [0.15, 0.2) is 5.16 Å². The van der Waals surface area contributed by atoms with E-state index in [9.17, 15) is 4.79 Å². The molecule has 0 saturated carbocycles. The topological polar surface area (TPSA) is 39.3 Å². The van der Waals surface area contributed by atoms with E-state index in [1.165, 1.54) is 37.9 Å². The lowest BCUT2D eigenvalue weighted by Gasteiger charge is -2.23. The van der Waals surface area contributed by atoms with Gasteiger partial charge in [-0.1, -0.05) is 36.0 Å². The molecule has 1 fully saturated rings. The summed E-state index contributed by atoms with van der Waals surface area (Å²) in [5.41, 5.74) is 4.06. The summed E-state index contributed by atoms with van der Waals surface area (Å²) in [5, 5.41) is 1.48. The number of nitrogens with zero attached hydrogens (tertiary/aromatic N) is 2. The van der Waals surface area contributed by atoms with Crippen molar-refractivity contribution in [3.05, 3.63) is 63.9 Å². The molecule has 2 aromatic carbocycles. The molecule has 1 saturated heterocycles. The first-order valence-electron chi connectivity index (χ1n) is 10.2. The number of likely N-dealkylation sites (tertiary alicyclic amines) is 1. The van der Waals surface area contributed by atoms with Crippen LogP contribution in [0, 0.1) is 13.8 Å². The van der Waals surface area contributed by atoms with Crippen LogP contribution in [0.5, 0.6) is 0 Å². The van der Waals surface area contributed by atoms with Gasteiger partial charge in [0.1, 0.15) is 0 Å². The van der Waals surface area contributed by atoms with Crippen molar-refractivity contribution in [3.8, 4) is 5.69 Å². The van der Waals surface area contributed by atoms with Crippen LogP contribution in [-0.4, -0.2) is 34.9 Å². The highest BCUT2D eigenvalue weighted by molar-refractivity contribution is 7.99. The van der Waals surface area contributed by atoms with E-state index in [0.29, 0.717) is 5.39 Å². The normalized spacial score (nSPS) is 15.2. The van der Waals surface area contributed by atoms with Crippen molar-refractivity contribution < 1.29 is 4.90 Å². The Morgan fingerprint density at radius 2 is 1.82 bits per heavy atom. The number of rotatable bonds is 5. The lowest BCUT2D eigenvalue weighted by molar-refractivity contribution is -0.902. The third-order valence-corrected chi connectivity index (χ3v) is 6.75. The van der Waals surface area contributed by atoms with Gasteiger partial charge in [-0.05, 0) is 62.4 Å². The largest absolute Gasteiger partial charge is 0.334 e. The predicted molar refractivity (Wildman–Crippen MR) is 117 cm³/mol. The van der Waals surface area contributed by atoms with Crippen LogP contribution in [0.15, 0.2) is 52.4 Å². The molecule has 2 heterocycles. The molecule has 4 nitrogen and oxygen atoms in total. The Balaban J connectivity index is 1.73. The Hall–Kier alpha value is -2.11. The summed E-state index contributed by atoms with van der Waals surface area (Å²) in [6.07, 6.45) is 4.04. The van der Waals surface area contributed by atoms with E-state index in [0.717, 1.165) is 34.2 Å². The van der Waals surface area contributed by atoms with E-state index < -0.39 is 0 Å². The van der Waals surface area contributed by atoms with E-state index >= 15 is 0 Å². The zero-order valence-corrected chi connectivity index (χ0v) is 17.5. The van der Waals surface area contributed by atoms with Crippen LogP contribution in [-0.2, 0) is 0 Å². The summed E-state index contributed by atoms with van der Waals surface area (Å²) in [4.78, 5) is 19.9. The Morgan fingerprint density at radius 3 is 2.64 bits per heavy atom.